The number of thiazole rings is 1. The van der Waals surface area contributed by atoms with Gasteiger partial charge in [-0.05, 0) is 49.4 Å². The Labute approximate surface area is 207 Å². The predicted octanol–water partition coefficient (Wildman–Crippen LogP) is 4.27. The van der Waals surface area contributed by atoms with Crippen LogP contribution in [0.5, 0.6) is 0 Å². The van der Waals surface area contributed by atoms with Gasteiger partial charge in [-0.1, -0.05) is 6.07 Å². The van der Waals surface area contributed by atoms with Crippen LogP contribution in [0.2, 0.25) is 0 Å². The lowest BCUT2D eigenvalue weighted by Crippen LogP contribution is -2.47. The van der Waals surface area contributed by atoms with E-state index < -0.39 is 11.8 Å². The van der Waals surface area contributed by atoms with Gasteiger partial charge in [0.05, 0.1) is 18.8 Å². The van der Waals surface area contributed by atoms with Gasteiger partial charge in [-0.25, -0.2) is 14.2 Å². The molecule has 1 aromatic heterocycles. The molecule has 8 nitrogen and oxygen atoms in total. The number of amides is 2. The average molecular weight is 498 g/mol. The van der Waals surface area contributed by atoms with Crippen molar-refractivity contribution in [2.24, 2.45) is 0 Å². The third-order valence-electron chi connectivity index (χ3n) is 5.53. The third-order valence-corrected chi connectivity index (χ3v) is 6.47. The van der Waals surface area contributed by atoms with Crippen LogP contribution in [0.15, 0.2) is 53.9 Å². The number of urea groups is 1. The summed E-state index contributed by atoms with van der Waals surface area (Å²) in [6.07, 6.45) is 0. The Kier molecular flexibility index (Phi) is 8.40. The molecule has 0 spiro atoms. The highest BCUT2D eigenvalue weighted by atomic mass is 32.1. The molecule has 10 heteroatoms. The van der Waals surface area contributed by atoms with Crippen LogP contribution >= 0.6 is 11.3 Å². The summed E-state index contributed by atoms with van der Waals surface area (Å²) in [7, 11) is 0. The number of benzene rings is 2. The van der Waals surface area contributed by atoms with E-state index in [0.717, 1.165) is 49.0 Å². The van der Waals surface area contributed by atoms with Gasteiger partial charge in [0.1, 0.15) is 10.8 Å². The zero-order valence-electron chi connectivity index (χ0n) is 19.5. The minimum absolute atomic E-state index is 0.168. The molecule has 35 heavy (non-hydrogen) atoms. The van der Waals surface area contributed by atoms with Crippen molar-refractivity contribution in [2.45, 2.75) is 13.5 Å². The smallest absolute Gasteiger partial charge is 0.323 e. The van der Waals surface area contributed by atoms with E-state index in [2.05, 4.69) is 25.8 Å². The summed E-state index contributed by atoms with van der Waals surface area (Å²) in [5.74, 6) is -0.579. The molecule has 1 aliphatic heterocycles. The number of aromatic nitrogens is 1. The third kappa shape index (κ3) is 7.32. The van der Waals surface area contributed by atoms with E-state index in [0.29, 0.717) is 24.5 Å². The Balaban J connectivity index is 1.26. The number of anilines is 2. The minimum atomic E-state index is -0.442. The summed E-state index contributed by atoms with van der Waals surface area (Å²) in [5, 5.41) is 8.33. The number of carbonyl (C=O) groups is 2. The number of halogens is 1. The van der Waals surface area contributed by atoms with Crippen molar-refractivity contribution in [3.8, 4) is 10.6 Å². The Morgan fingerprint density at radius 3 is 2.46 bits per heavy atom. The van der Waals surface area contributed by atoms with Gasteiger partial charge in [0.15, 0.2) is 0 Å². The average Bonchev–Trinajstić information content (AvgIpc) is 3.29. The molecule has 0 aliphatic carbocycles. The fraction of sp³-hybridized carbons (Fsp3) is 0.320. The first-order valence-electron chi connectivity index (χ1n) is 11.5. The van der Waals surface area contributed by atoms with E-state index in [1.54, 1.807) is 17.4 Å². The van der Waals surface area contributed by atoms with Crippen molar-refractivity contribution < 1.29 is 18.7 Å². The fourth-order valence-corrected chi connectivity index (χ4v) is 4.61. The molecular weight excluding hydrogens is 469 g/mol. The number of piperazine rings is 1. The van der Waals surface area contributed by atoms with Crippen LogP contribution < -0.4 is 10.6 Å². The standard InChI is InChI=1S/C25H28FN5O3S/c1-2-34-23(32)16-31-12-10-30(11-13-31)15-22-17-35-24(27-22)18-6-8-20(9-7-18)28-25(33)29-21-5-3-4-19(26)14-21/h3-9,14,17H,2,10-13,15-16H2,1H3,(H2,28,29,33). The van der Waals surface area contributed by atoms with Gasteiger partial charge in [0, 0.05) is 55.0 Å². The van der Waals surface area contributed by atoms with Gasteiger partial charge in [-0.2, -0.15) is 0 Å². The summed E-state index contributed by atoms with van der Waals surface area (Å²) in [6, 6.07) is 12.7. The van der Waals surface area contributed by atoms with E-state index in [-0.39, 0.29) is 5.97 Å². The molecule has 184 valence electrons. The van der Waals surface area contributed by atoms with Crippen LogP contribution in [0.3, 0.4) is 0 Å². The summed E-state index contributed by atoms with van der Waals surface area (Å²) < 4.78 is 18.3. The zero-order valence-corrected chi connectivity index (χ0v) is 20.3. The van der Waals surface area contributed by atoms with Crippen LogP contribution in [-0.2, 0) is 16.1 Å². The Morgan fingerprint density at radius 2 is 1.74 bits per heavy atom. The van der Waals surface area contributed by atoms with Crippen molar-refractivity contribution in [1.29, 1.82) is 0 Å². The first kappa shape index (κ1) is 24.8. The van der Waals surface area contributed by atoms with Gasteiger partial charge in [0.25, 0.3) is 0 Å². The van der Waals surface area contributed by atoms with Crippen molar-refractivity contribution in [3.05, 3.63) is 65.4 Å². The number of nitrogens with one attached hydrogen (secondary N) is 2. The van der Waals surface area contributed by atoms with Gasteiger partial charge >= 0.3 is 12.0 Å². The van der Waals surface area contributed by atoms with E-state index in [1.807, 2.05) is 31.2 Å². The highest BCUT2D eigenvalue weighted by molar-refractivity contribution is 7.13. The molecule has 0 unspecified atom stereocenters. The number of nitrogens with zero attached hydrogens (tertiary/aromatic N) is 3. The lowest BCUT2D eigenvalue weighted by molar-refractivity contribution is -0.144. The number of hydrogen-bond donors (Lipinski definition) is 2. The lowest BCUT2D eigenvalue weighted by Gasteiger charge is -2.33. The maximum Gasteiger partial charge on any atom is 0.323 e. The molecular formula is C25H28FN5O3S. The second-order valence-electron chi connectivity index (χ2n) is 8.17. The molecule has 2 aromatic carbocycles. The Bertz CT molecular complexity index is 1150. The number of hydrogen-bond acceptors (Lipinski definition) is 7. The molecule has 0 saturated carbocycles. The summed E-state index contributed by atoms with van der Waals surface area (Å²) >= 11 is 1.58. The monoisotopic (exact) mass is 497 g/mol. The first-order valence-corrected chi connectivity index (χ1v) is 12.3. The van der Waals surface area contributed by atoms with Crippen LogP contribution in [0, 0.1) is 5.82 Å². The van der Waals surface area contributed by atoms with Crippen LogP contribution in [0.4, 0.5) is 20.6 Å². The molecule has 4 rings (SSSR count). The number of ether oxygens (including phenoxy) is 1. The van der Waals surface area contributed by atoms with Crippen molar-refractivity contribution >= 4 is 34.7 Å². The molecule has 0 atom stereocenters. The summed E-state index contributed by atoms with van der Waals surface area (Å²) in [4.78, 5) is 33.0. The van der Waals surface area contributed by atoms with Crippen molar-refractivity contribution in [3.63, 3.8) is 0 Å². The highest BCUT2D eigenvalue weighted by Gasteiger charge is 2.20. The second kappa shape index (κ2) is 11.9. The van der Waals surface area contributed by atoms with Crippen molar-refractivity contribution in [1.82, 2.24) is 14.8 Å². The topological polar surface area (TPSA) is 86.8 Å². The Hall–Kier alpha value is -3.34. The van der Waals surface area contributed by atoms with E-state index in [1.165, 1.54) is 18.2 Å². The number of carbonyl (C=O) groups excluding carboxylic acids is 2. The number of rotatable bonds is 8. The Morgan fingerprint density at radius 1 is 1.03 bits per heavy atom. The number of esters is 1. The first-order chi connectivity index (χ1) is 17.0. The largest absolute Gasteiger partial charge is 0.465 e. The van der Waals surface area contributed by atoms with E-state index in [4.69, 9.17) is 9.72 Å². The molecule has 1 aliphatic rings. The molecule has 0 bridgehead atoms. The zero-order chi connectivity index (χ0) is 24.6. The SMILES string of the molecule is CCOC(=O)CN1CCN(Cc2csc(-c3ccc(NC(=O)Nc4cccc(F)c4)cc3)n2)CC1. The second-order valence-corrected chi connectivity index (χ2v) is 9.03. The maximum atomic E-state index is 13.3. The molecule has 2 amide bonds. The molecule has 0 radical (unpaired) electrons. The quantitative estimate of drug-likeness (QED) is 0.452. The molecule has 1 fully saturated rings. The van der Waals surface area contributed by atoms with E-state index in [9.17, 15) is 14.0 Å². The highest BCUT2D eigenvalue weighted by Crippen LogP contribution is 2.26. The van der Waals surface area contributed by atoms with Crippen LogP contribution in [0.1, 0.15) is 12.6 Å². The summed E-state index contributed by atoms with van der Waals surface area (Å²) in [6.45, 7) is 6.77. The molecule has 2 N–H and O–H groups in total. The van der Waals surface area contributed by atoms with Gasteiger partial charge in [0.2, 0.25) is 0 Å². The van der Waals surface area contributed by atoms with Gasteiger partial charge < -0.3 is 15.4 Å². The maximum absolute atomic E-state index is 13.3. The van der Waals surface area contributed by atoms with E-state index >= 15 is 0 Å². The molecule has 3 aromatic rings. The summed E-state index contributed by atoms with van der Waals surface area (Å²) in [5.41, 5.74) is 2.99. The minimum Gasteiger partial charge on any atom is -0.465 e. The molecule has 1 saturated heterocycles. The lowest BCUT2D eigenvalue weighted by atomic mass is 10.2. The van der Waals surface area contributed by atoms with Crippen LogP contribution in [0.25, 0.3) is 10.6 Å². The van der Waals surface area contributed by atoms with Crippen LogP contribution in [-0.4, -0.2) is 66.1 Å². The van der Waals surface area contributed by atoms with Gasteiger partial charge in [-0.15, -0.1) is 11.3 Å². The molecule has 2 heterocycles. The fourth-order valence-electron chi connectivity index (χ4n) is 3.79. The van der Waals surface area contributed by atoms with Gasteiger partial charge in [-0.3, -0.25) is 14.6 Å². The normalized spacial score (nSPS) is 14.5. The predicted molar refractivity (Wildman–Crippen MR) is 135 cm³/mol. The van der Waals surface area contributed by atoms with Crippen molar-refractivity contribution in [2.75, 3.05) is 50.0 Å².